The molecule has 0 saturated carbocycles. The van der Waals surface area contributed by atoms with Crippen LogP contribution in [0.5, 0.6) is 0 Å². The zero-order valence-electron chi connectivity index (χ0n) is 11.0. The smallest absolute Gasteiger partial charge is 0.0700 e. The summed E-state index contributed by atoms with van der Waals surface area (Å²) in [5, 5.41) is 0. The SMILES string of the molecule is [CH2]CCCCCCCCCCOCCOC. The molecule has 0 heterocycles. The topological polar surface area (TPSA) is 18.5 Å². The van der Waals surface area contributed by atoms with Crippen molar-refractivity contribution < 1.29 is 9.47 Å². The van der Waals surface area contributed by atoms with Crippen LogP contribution >= 0.6 is 0 Å². The summed E-state index contributed by atoms with van der Waals surface area (Å²) in [4.78, 5) is 0. The third-order valence-electron chi connectivity index (χ3n) is 2.72. The zero-order valence-corrected chi connectivity index (χ0v) is 11.0. The lowest BCUT2D eigenvalue weighted by atomic mass is 10.1. The minimum atomic E-state index is 0.715. The fourth-order valence-electron chi connectivity index (χ4n) is 1.69. The first-order valence-electron chi connectivity index (χ1n) is 6.77. The van der Waals surface area contributed by atoms with Gasteiger partial charge in [-0.1, -0.05) is 58.3 Å². The summed E-state index contributed by atoms with van der Waals surface area (Å²) in [7, 11) is 1.71. The number of rotatable bonds is 13. The van der Waals surface area contributed by atoms with Crippen molar-refractivity contribution in [2.45, 2.75) is 57.8 Å². The third-order valence-corrected chi connectivity index (χ3v) is 2.72. The van der Waals surface area contributed by atoms with Gasteiger partial charge < -0.3 is 9.47 Å². The predicted molar refractivity (Wildman–Crippen MR) is 69.6 cm³/mol. The molecule has 0 spiro atoms. The quantitative estimate of drug-likeness (QED) is 0.444. The van der Waals surface area contributed by atoms with Gasteiger partial charge in [-0.15, -0.1) is 0 Å². The zero-order chi connectivity index (χ0) is 11.9. The summed E-state index contributed by atoms with van der Waals surface area (Å²) in [5.41, 5.74) is 0. The normalized spacial score (nSPS) is 10.9. The van der Waals surface area contributed by atoms with Crippen molar-refractivity contribution in [2.24, 2.45) is 0 Å². The molecule has 0 amide bonds. The maximum absolute atomic E-state index is 5.40. The van der Waals surface area contributed by atoms with Crippen molar-refractivity contribution in [3.8, 4) is 0 Å². The van der Waals surface area contributed by atoms with E-state index in [1.165, 1.54) is 51.4 Å². The Morgan fingerprint density at radius 1 is 0.688 bits per heavy atom. The van der Waals surface area contributed by atoms with E-state index in [2.05, 4.69) is 6.92 Å². The molecule has 1 radical (unpaired) electrons. The summed E-state index contributed by atoms with van der Waals surface area (Å²) >= 11 is 0. The Morgan fingerprint density at radius 3 is 1.81 bits per heavy atom. The molecule has 0 N–H and O–H groups in total. The molecular weight excluding hydrogens is 200 g/mol. The van der Waals surface area contributed by atoms with Gasteiger partial charge in [0.25, 0.3) is 0 Å². The second kappa shape index (κ2) is 14.9. The van der Waals surface area contributed by atoms with Gasteiger partial charge in [0.1, 0.15) is 0 Å². The van der Waals surface area contributed by atoms with Gasteiger partial charge in [-0.05, 0) is 6.42 Å². The summed E-state index contributed by atoms with van der Waals surface area (Å²) in [6.07, 6.45) is 11.8. The van der Waals surface area contributed by atoms with Crippen LogP contribution in [0.3, 0.4) is 0 Å². The lowest BCUT2D eigenvalue weighted by Gasteiger charge is -2.03. The highest BCUT2D eigenvalue weighted by molar-refractivity contribution is 4.48. The Kier molecular flexibility index (Phi) is 14.8. The Hall–Kier alpha value is -0.0800. The van der Waals surface area contributed by atoms with Gasteiger partial charge in [0, 0.05) is 13.7 Å². The van der Waals surface area contributed by atoms with Gasteiger partial charge in [-0.25, -0.2) is 0 Å². The maximum Gasteiger partial charge on any atom is 0.0700 e. The summed E-state index contributed by atoms with van der Waals surface area (Å²) in [6.45, 7) is 6.20. The predicted octanol–water partition coefficient (Wildman–Crippen LogP) is 3.99. The summed E-state index contributed by atoms with van der Waals surface area (Å²) in [5.74, 6) is 0. The van der Waals surface area contributed by atoms with Crippen molar-refractivity contribution in [3.05, 3.63) is 6.92 Å². The average molecular weight is 229 g/mol. The van der Waals surface area contributed by atoms with Crippen molar-refractivity contribution in [2.75, 3.05) is 26.9 Å². The highest BCUT2D eigenvalue weighted by atomic mass is 16.5. The molecule has 16 heavy (non-hydrogen) atoms. The van der Waals surface area contributed by atoms with Crippen LogP contribution in [0.25, 0.3) is 0 Å². The molecule has 0 atom stereocenters. The van der Waals surface area contributed by atoms with E-state index in [0.29, 0.717) is 6.61 Å². The second-order valence-corrected chi connectivity index (χ2v) is 4.29. The van der Waals surface area contributed by atoms with Crippen LogP contribution in [0.2, 0.25) is 0 Å². The van der Waals surface area contributed by atoms with Gasteiger partial charge >= 0.3 is 0 Å². The maximum atomic E-state index is 5.40. The number of unbranched alkanes of at least 4 members (excludes halogenated alkanes) is 8. The van der Waals surface area contributed by atoms with Gasteiger partial charge in [-0.2, -0.15) is 0 Å². The Morgan fingerprint density at radius 2 is 1.25 bits per heavy atom. The number of methoxy groups -OCH3 is 1. The molecule has 0 rings (SSSR count). The first kappa shape index (κ1) is 15.9. The van der Waals surface area contributed by atoms with Crippen LogP contribution < -0.4 is 0 Å². The van der Waals surface area contributed by atoms with E-state index in [1.54, 1.807) is 7.11 Å². The minimum Gasteiger partial charge on any atom is -0.382 e. The van der Waals surface area contributed by atoms with Crippen LogP contribution in [0.1, 0.15) is 57.8 Å². The molecule has 0 aliphatic rings. The lowest BCUT2D eigenvalue weighted by Crippen LogP contribution is -2.02. The molecule has 2 nitrogen and oxygen atoms in total. The van der Waals surface area contributed by atoms with E-state index in [1.807, 2.05) is 0 Å². The molecular formula is C14H29O2. The van der Waals surface area contributed by atoms with E-state index in [4.69, 9.17) is 9.47 Å². The molecule has 0 saturated heterocycles. The molecule has 0 fully saturated rings. The van der Waals surface area contributed by atoms with Gasteiger partial charge in [0.05, 0.1) is 13.2 Å². The van der Waals surface area contributed by atoms with Crippen molar-refractivity contribution in [3.63, 3.8) is 0 Å². The van der Waals surface area contributed by atoms with E-state index >= 15 is 0 Å². The number of hydrogen-bond acceptors (Lipinski definition) is 2. The van der Waals surface area contributed by atoms with E-state index in [9.17, 15) is 0 Å². The van der Waals surface area contributed by atoms with Crippen LogP contribution in [0.4, 0.5) is 0 Å². The molecule has 0 aromatic rings. The van der Waals surface area contributed by atoms with Crippen molar-refractivity contribution in [1.29, 1.82) is 0 Å². The fourth-order valence-corrected chi connectivity index (χ4v) is 1.69. The van der Waals surface area contributed by atoms with Crippen LogP contribution in [0.15, 0.2) is 0 Å². The average Bonchev–Trinajstić information content (AvgIpc) is 2.31. The molecule has 0 bridgehead atoms. The molecule has 0 unspecified atom stereocenters. The van der Waals surface area contributed by atoms with Gasteiger partial charge in [-0.3, -0.25) is 0 Å². The Balaban J connectivity index is 2.83. The second-order valence-electron chi connectivity index (χ2n) is 4.29. The monoisotopic (exact) mass is 229 g/mol. The van der Waals surface area contributed by atoms with E-state index in [0.717, 1.165) is 19.6 Å². The number of ether oxygens (including phenoxy) is 2. The first-order valence-corrected chi connectivity index (χ1v) is 6.77. The standard InChI is InChI=1S/C14H29O2/c1-3-4-5-6-7-8-9-10-11-12-16-14-13-15-2/h1,3-14H2,2H3. The van der Waals surface area contributed by atoms with Crippen LogP contribution in [-0.4, -0.2) is 26.9 Å². The fraction of sp³-hybridized carbons (Fsp3) is 0.929. The highest BCUT2D eigenvalue weighted by Crippen LogP contribution is 2.09. The summed E-state index contributed by atoms with van der Waals surface area (Å²) in [6, 6.07) is 0. The van der Waals surface area contributed by atoms with Crippen LogP contribution in [-0.2, 0) is 9.47 Å². The molecule has 0 aliphatic heterocycles. The molecule has 0 aromatic carbocycles. The minimum absolute atomic E-state index is 0.715. The lowest BCUT2D eigenvalue weighted by molar-refractivity contribution is 0.0685. The largest absolute Gasteiger partial charge is 0.382 e. The molecule has 0 aliphatic carbocycles. The van der Waals surface area contributed by atoms with Gasteiger partial charge in [0.15, 0.2) is 0 Å². The molecule has 2 heteroatoms. The van der Waals surface area contributed by atoms with Gasteiger partial charge in [0.2, 0.25) is 0 Å². The first-order chi connectivity index (χ1) is 7.91. The number of hydrogen-bond donors (Lipinski definition) is 0. The third kappa shape index (κ3) is 13.9. The molecule has 0 aromatic heterocycles. The summed E-state index contributed by atoms with van der Waals surface area (Å²) < 4.78 is 10.3. The Bertz CT molecular complexity index is 101. The molecule has 97 valence electrons. The van der Waals surface area contributed by atoms with Crippen molar-refractivity contribution >= 4 is 0 Å². The van der Waals surface area contributed by atoms with Crippen molar-refractivity contribution in [1.82, 2.24) is 0 Å². The van der Waals surface area contributed by atoms with E-state index < -0.39 is 0 Å². The van der Waals surface area contributed by atoms with E-state index in [-0.39, 0.29) is 0 Å². The van der Waals surface area contributed by atoms with Crippen LogP contribution in [0, 0.1) is 6.92 Å². The Labute approximate surface area is 102 Å². The highest BCUT2D eigenvalue weighted by Gasteiger charge is 1.92.